The summed E-state index contributed by atoms with van der Waals surface area (Å²) in [6.07, 6.45) is 1.04. The van der Waals surface area contributed by atoms with Crippen molar-refractivity contribution in [2.45, 2.75) is 12.5 Å². The molecule has 1 aliphatic rings. The number of fused-ring (bicyclic) bond motifs is 1. The zero-order chi connectivity index (χ0) is 13.9. The molecule has 1 heterocycles. The van der Waals surface area contributed by atoms with Gasteiger partial charge in [-0.25, -0.2) is 0 Å². The Morgan fingerprint density at radius 3 is 2.50 bits per heavy atom. The molecule has 4 heteroatoms. The van der Waals surface area contributed by atoms with E-state index >= 15 is 0 Å². The van der Waals surface area contributed by atoms with Crippen molar-refractivity contribution in [2.75, 3.05) is 10.2 Å². The van der Waals surface area contributed by atoms with E-state index in [2.05, 4.69) is 5.32 Å². The molecule has 100 valence electrons. The number of hydrogen-bond acceptors (Lipinski definition) is 2. The van der Waals surface area contributed by atoms with Gasteiger partial charge in [-0.1, -0.05) is 42.5 Å². The molecule has 2 amide bonds. The maximum atomic E-state index is 12.0. The monoisotopic (exact) mass is 266 g/mol. The predicted molar refractivity (Wildman–Crippen MR) is 77.4 cm³/mol. The molecule has 1 N–H and O–H groups in total. The molecule has 0 bridgehead atoms. The van der Waals surface area contributed by atoms with Crippen LogP contribution in [0.3, 0.4) is 0 Å². The van der Waals surface area contributed by atoms with E-state index in [0.717, 1.165) is 17.7 Å². The van der Waals surface area contributed by atoms with Gasteiger partial charge in [0.05, 0.1) is 23.8 Å². The minimum atomic E-state index is -0.280. The lowest BCUT2D eigenvalue weighted by molar-refractivity contribution is -0.116. The van der Waals surface area contributed by atoms with Crippen LogP contribution in [0.2, 0.25) is 0 Å². The Morgan fingerprint density at radius 2 is 1.75 bits per heavy atom. The summed E-state index contributed by atoms with van der Waals surface area (Å²) in [7, 11) is 0. The first-order valence-electron chi connectivity index (χ1n) is 6.47. The number of rotatable bonds is 2. The Morgan fingerprint density at radius 1 is 1.05 bits per heavy atom. The molecule has 0 unspecified atom stereocenters. The van der Waals surface area contributed by atoms with Gasteiger partial charge in [0.25, 0.3) is 0 Å². The van der Waals surface area contributed by atoms with Crippen molar-refractivity contribution in [3.8, 4) is 0 Å². The Hall–Kier alpha value is -2.62. The molecule has 2 aromatic carbocycles. The molecule has 3 rings (SSSR count). The van der Waals surface area contributed by atoms with Crippen molar-refractivity contribution in [1.29, 1.82) is 0 Å². The first kappa shape index (κ1) is 12.4. The fraction of sp³-hybridized carbons (Fsp3) is 0.125. The highest BCUT2D eigenvalue weighted by molar-refractivity contribution is 6.00. The molecular formula is C16H14N2O2. The topological polar surface area (TPSA) is 49.4 Å². The number of anilines is 2. The molecule has 1 aliphatic heterocycles. The molecule has 0 spiro atoms. The second-order valence-corrected chi connectivity index (χ2v) is 4.71. The smallest absolute Gasteiger partial charge is 0.226 e. The highest BCUT2D eigenvalue weighted by Crippen LogP contribution is 2.36. The first-order valence-corrected chi connectivity index (χ1v) is 6.47. The van der Waals surface area contributed by atoms with Gasteiger partial charge in [0.15, 0.2) is 0 Å². The maximum absolute atomic E-state index is 12.0. The Balaban J connectivity index is 2.11. The van der Waals surface area contributed by atoms with Gasteiger partial charge in [-0.15, -0.1) is 0 Å². The molecule has 4 nitrogen and oxygen atoms in total. The van der Waals surface area contributed by atoms with E-state index in [1.807, 2.05) is 48.5 Å². The van der Waals surface area contributed by atoms with Gasteiger partial charge in [0.2, 0.25) is 12.3 Å². The number of benzene rings is 2. The van der Waals surface area contributed by atoms with Crippen LogP contribution in [-0.2, 0) is 9.59 Å². The normalized spacial score (nSPS) is 17.9. The summed E-state index contributed by atoms with van der Waals surface area (Å²) in [6, 6.07) is 16.7. The van der Waals surface area contributed by atoms with Crippen LogP contribution in [0.25, 0.3) is 0 Å². The van der Waals surface area contributed by atoms with Crippen LogP contribution in [0.1, 0.15) is 18.0 Å². The first-order chi connectivity index (χ1) is 9.79. The summed E-state index contributed by atoms with van der Waals surface area (Å²) >= 11 is 0. The van der Waals surface area contributed by atoms with Crippen molar-refractivity contribution >= 4 is 23.7 Å². The van der Waals surface area contributed by atoms with Crippen LogP contribution in [0.15, 0.2) is 54.6 Å². The summed E-state index contributed by atoms with van der Waals surface area (Å²) in [4.78, 5) is 25.2. The van der Waals surface area contributed by atoms with Gasteiger partial charge in [0, 0.05) is 0 Å². The second-order valence-electron chi connectivity index (χ2n) is 4.71. The number of hydrogen-bond donors (Lipinski definition) is 1. The quantitative estimate of drug-likeness (QED) is 0.850. The van der Waals surface area contributed by atoms with E-state index in [4.69, 9.17) is 0 Å². The van der Waals surface area contributed by atoms with Gasteiger partial charge in [0.1, 0.15) is 0 Å². The summed E-state index contributed by atoms with van der Waals surface area (Å²) in [5.41, 5.74) is 2.34. The molecule has 0 radical (unpaired) electrons. The molecule has 0 aromatic heterocycles. The van der Waals surface area contributed by atoms with Crippen LogP contribution in [0, 0.1) is 0 Å². The SMILES string of the molecule is O=CN1c2ccccc2NC(=O)C[C@@H]1c1ccccc1. The Bertz CT molecular complexity index is 640. The average molecular weight is 266 g/mol. The van der Waals surface area contributed by atoms with E-state index in [0.29, 0.717) is 5.69 Å². The predicted octanol–water partition coefficient (Wildman–Crippen LogP) is 2.73. The van der Waals surface area contributed by atoms with Gasteiger partial charge < -0.3 is 10.2 Å². The van der Waals surface area contributed by atoms with Gasteiger partial charge in [-0.3, -0.25) is 9.59 Å². The number of nitrogens with one attached hydrogen (secondary N) is 1. The van der Waals surface area contributed by atoms with E-state index in [-0.39, 0.29) is 18.4 Å². The second kappa shape index (κ2) is 5.17. The number of carbonyl (C=O) groups is 2. The zero-order valence-electron chi connectivity index (χ0n) is 10.8. The standard InChI is InChI=1S/C16H14N2O2/c19-11-18-14-9-5-4-8-13(14)17-16(20)10-15(18)12-6-2-1-3-7-12/h1-9,11,15H,10H2,(H,17,20)/t15-/m1/s1. The molecule has 0 fully saturated rings. The van der Waals surface area contributed by atoms with E-state index in [1.165, 1.54) is 0 Å². The molecule has 0 saturated carbocycles. The Kier molecular flexibility index (Phi) is 3.21. The van der Waals surface area contributed by atoms with E-state index in [9.17, 15) is 9.59 Å². The molecule has 0 aliphatic carbocycles. The molecule has 1 atom stereocenters. The van der Waals surface area contributed by atoms with Gasteiger partial charge in [-0.05, 0) is 17.7 Å². The van der Waals surface area contributed by atoms with Gasteiger partial charge >= 0.3 is 0 Å². The van der Waals surface area contributed by atoms with Crippen molar-refractivity contribution in [3.63, 3.8) is 0 Å². The minimum Gasteiger partial charge on any atom is -0.324 e. The summed E-state index contributed by atoms with van der Waals surface area (Å²) in [6.45, 7) is 0. The lowest BCUT2D eigenvalue weighted by atomic mass is 10.0. The van der Waals surface area contributed by atoms with Gasteiger partial charge in [-0.2, -0.15) is 0 Å². The Labute approximate surface area is 117 Å². The van der Waals surface area contributed by atoms with Crippen molar-refractivity contribution in [3.05, 3.63) is 60.2 Å². The molecular weight excluding hydrogens is 252 g/mol. The summed E-state index contributed by atoms with van der Waals surface area (Å²) < 4.78 is 0. The van der Waals surface area contributed by atoms with Crippen molar-refractivity contribution in [2.24, 2.45) is 0 Å². The minimum absolute atomic E-state index is 0.0874. The number of carbonyl (C=O) groups excluding carboxylic acids is 2. The van der Waals surface area contributed by atoms with E-state index in [1.54, 1.807) is 11.0 Å². The fourth-order valence-electron chi connectivity index (χ4n) is 2.53. The van der Waals surface area contributed by atoms with Crippen molar-refractivity contribution in [1.82, 2.24) is 0 Å². The maximum Gasteiger partial charge on any atom is 0.226 e. The molecule has 20 heavy (non-hydrogen) atoms. The lowest BCUT2D eigenvalue weighted by Gasteiger charge is -2.26. The number of nitrogens with zero attached hydrogens (tertiary/aromatic N) is 1. The summed E-state index contributed by atoms with van der Waals surface area (Å²) in [5, 5.41) is 2.85. The number of para-hydroxylation sites is 2. The van der Waals surface area contributed by atoms with Crippen molar-refractivity contribution < 1.29 is 9.59 Å². The molecule has 2 aromatic rings. The third-order valence-electron chi connectivity index (χ3n) is 3.47. The number of amides is 2. The lowest BCUT2D eigenvalue weighted by Crippen LogP contribution is -2.27. The molecule has 0 saturated heterocycles. The van der Waals surface area contributed by atoms with Crippen LogP contribution in [0.5, 0.6) is 0 Å². The highest BCUT2D eigenvalue weighted by atomic mass is 16.2. The zero-order valence-corrected chi connectivity index (χ0v) is 10.8. The third kappa shape index (κ3) is 2.16. The van der Waals surface area contributed by atoms with Crippen LogP contribution in [-0.4, -0.2) is 12.3 Å². The average Bonchev–Trinajstić information content (AvgIpc) is 2.63. The third-order valence-corrected chi connectivity index (χ3v) is 3.47. The largest absolute Gasteiger partial charge is 0.324 e. The van der Waals surface area contributed by atoms with Crippen LogP contribution >= 0.6 is 0 Å². The summed E-state index contributed by atoms with van der Waals surface area (Å²) in [5.74, 6) is -0.0874. The highest BCUT2D eigenvalue weighted by Gasteiger charge is 2.28. The fourth-order valence-corrected chi connectivity index (χ4v) is 2.53. The van der Waals surface area contributed by atoms with Crippen LogP contribution < -0.4 is 10.2 Å². The van der Waals surface area contributed by atoms with Crippen LogP contribution in [0.4, 0.5) is 11.4 Å². The van der Waals surface area contributed by atoms with E-state index < -0.39 is 0 Å².